The Balaban J connectivity index is 1.76. The number of hydrogen-bond acceptors (Lipinski definition) is 8. The molecule has 9 heteroatoms. The van der Waals surface area contributed by atoms with E-state index in [4.69, 9.17) is 9.47 Å². The first-order chi connectivity index (χ1) is 16.5. The number of carboxylic acid groups (broad SMARTS) is 1. The Bertz CT molecular complexity index is 1170. The lowest BCUT2D eigenvalue weighted by Crippen LogP contribution is -2.60. The minimum Gasteiger partial charge on any atom is -0.481 e. The van der Waals surface area contributed by atoms with Crippen molar-refractivity contribution >= 4 is 29.5 Å². The average Bonchev–Trinajstić information content (AvgIpc) is 3.33. The Hall–Kier alpha value is -2.55. The van der Waals surface area contributed by atoms with Crippen LogP contribution in [0.4, 0.5) is 0 Å². The lowest BCUT2D eigenvalue weighted by atomic mass is 9.46. The van der Waals surface area contributed by atoms with Crippen LogP contribution in [0, 0.1) is 33.5 Å². The van der Waals surface area contributed by atoms with Gasteiger partial charge < -0.3 is 19.7 Å². The van der Waals surface area contributed by atoms with Gasteiger partial charge in [0.15, 0.2) is 5.78 Å². The number of aliphatic hydroxyl groups excluding tert-OH is 1. The molecule has 5 rings (SSSR count). The molecule has 2 saturated heterocycles. The van der Waals surface area contributed by atoms with Gasteiger partial charge in [-0.1, -0.05) is 20.8 Å². The Morgan fingerprint density at radius 2 is 1.58 bits per heavy atom. The number of aliphatic carboxylic acids is 1. The molecule has 0 spiro atoms. The average molecular weight is 503 g/mol. The van der Waals surface area contributed by atoms with Crippen LogP contribution in [-0.2, 0) is 33.4 Å². The van der Waals surface area contributed by atoms with Crippen LogP contribution in [-0.4, -0.2) is 57.5 Å². The Morgan fingerprint density at radius 1 is 0.944 bits per heavy atom. The predicted molar refractivity (Wildman–Crippen MR) is 123 cm³/mol. The molecule has 8 atom stereocenters. The molecule has 196 valence electrons. The maximum atomic E-state index is 13.9. The van der Waals surface area contributed by atoms with Crippen molar-refractivity contribution in [2.24, 2.45) is 33.5 Å². The van der Waals surface area contributed by atoms with Crippen LogP contribution in [0.1, 0.15) is 73.6 Å². The fourth-order valence-electron chi connectivity index (χ4n) is 8.47. The number of aliphatic hydroxyl groups is 1. The lowest BCUT2D eigenvalue weighted by Gasteiger charge is -2.56. The highest BCUT2D eigenvalue weighted by Gasteiger charge is 2.75. The summed E-state index contributed by atoms with van der Waals surface area (Å²) in [5.74, 6) is -4.74. The standard InChI is InChI=1S/C27H34O9/c1-23(2)13-9-12(28)19(20-21(32)35-17(11-15(23)29)25(13,20)4)27(6)16(30)10-14(26(27,5)22(33)34)24(3)8-7-18(31)36-24/h13-15,17,29H,7-11H2,1-6H3,(H,33,34)/t13-,14+,15-,17+,24-,25+,26-,27-/m0/s1. The van der Waals surface area contributed by atoms with E-state index in [1.165, 1.54) is 13.8 Å². The molecule has 0 amide bonds. The number of carboxylic acids is 1. The Labute approximate surface area is 209 Å². The van der Waals surface area contributed by atoms with Gasteiger partial charge in [0.25, 0.3) is 0 Å². The Kier molecular flexibility index (Phi) is 4.92. The van der Waals surface area contributed by atoms with Crippen molar-refractivity contribution in [3.05, 3.63) is 11.1 Å². The summed E-state index contributed by atoms with van der Waals surface area (Å²) < 4.78 is 11.3. The van der Waals surface area contributed by atoms with E-state index < -0.39 is 80.8 Å². The van der Waals surface area contributed by atoms with E-state index in [1.807, 2.05) is 20.8 Å². The molecule has 5 aliphatic rings. The monoisotopic (exact) mass is 502 g/mol. The minimum atomic E-state index is -1.84. The van der Waals surface area contributed by atoms with Gasteiger partial charge in [-0.2, -0.15) is 0 Å². The quantitative estimate of drug-likeness (QED) is 0.556. The number of ketones is 2. The zero-order valence-electron chi connectivity index (χ0n) is 21.6. The highest BCUT2D eigenvalue weighted by molar-refractivity contribution is 6.15. The molecule has 0 aromatic carbocycles. The first kappa shape index (κ1) is 25.1. The SMILES string of the molecule is CC1(C)[C@@H](O)C[C@H]2OC(=O)C3=C([C@]4(C)C(=O)C[C@H]([C@]5(C)CCC(=O)O5)[C@@]4(C)C(=O)O)C(=O)C[C@@H]1[C@@]32C. The van der Waals surface area contributed by atoms with Crippen molar-refractivity contribution in [3.8, 4) is 0 Å². The van der Waals surface area contributed by atoms with Crippen LogP contribution >= 0.6 is 0 Å². The Morgan fingerprint density at radius 3 is 2.14 bits per heavy atom. The molecule has 9 nitrogen and oxygen atoms in total. The molecule has 0 radical (unpaired) electrons. The van der Waals surface area contributed by atoms with Crippen LogP contribution in [0.2, 0.25) is 0 Å². The summed E-state index contributed by atoms with van der Waals surface area (Å²) in [6.07, 6.45) is -1.15. The van der Waals surface area contributed by atoms with Crippen LogP contribution in [0.5, 0.6) is 0 Å². The number of carbonyl (C=O) groups is 5. The summed E-state index contributed by atoms with van der Waals surface area (Å²) in [7, 11) is 0. The minimum absolute atomic E-state index is 0.0397. The van der Waals surface area contributed by atoms with E-state index >= 15 is 0 Å². The number of rotatable bonds is 3. The second-order valence-corrected chi connectivity index (χ2v) is 12.8. The first-order valence-electron chi connectivity index (χ1n) is 12.6. The third-order valence-electron chi connectivity index (χ3n) is 11.0. The highest BCUT2D eigenvalue weighted by Crippen LogP contribution is 2.69. The largest absolute Gasteiger partial charge is 0.481 e. The number of cyclic esters (lactones) is 1. The molecular formula is C27H34O9. The normalized spacial score (nSPS) is 47.6. The van der Waals surface area contributed by atoms with Crippen molar-refractivity contribution < 1.29 is 43.7 Å². The van der Waals surface area contributed by atoms with Crippen molar-refractivity contribution in [2.75, 3.05) is 0 Å². The summed E-state index contributed by atoms with van der Waals surface area (Å²) >= 11 is 0. The van der Waals surface area contributed by atoms with Gasteiger partial charge in [0.1, 0.15) is 17.5 Å². The number of hydrogen-bond donors (Lipinski definition) is 2. The number of allylic oxidation sites excluding steroid dienone is 1. The smallest absolute Gasteiger partial charge is 0.335 e. The van der Waals surface area contributed by atoms with Gasteiger partial charge >= 0.3 is 17.9 Å². The molecule has 2 N–H and O–H groups in total. The maximum absolute atomic E-state index is 13.9. The van der Waals surface area contributed by atoms with E-state index in [9.17, 15) is 34.2 Å². The molecule has 0 aromatic heterocycles. The van der Waals surface area contributed by atoms with Crippen LogP contribution in [0.3, 0.4) is 0 Å². The molecule has 3 aliphatic carbocycles. The molecule has 4 fully saturated rings. The first-order valence-corrected chi connectivity index (χ1v) is 12.6. The van der Waals surface area contributed by atoms with Gasteiger partial charge in [-0.25, -0.2) is 4.79 Å². The summed E-state index contributed by atoms with van der Waals surface area (Å²) in [6, 6.07) is 0. The molecule has 2 heterocycles. The molecule has 2 aliphatic heterocycles. The second kappa shape index (κ2) is 7.05. The summed E-state index contributed by atoms with van der Waals surface area (Å²) in [4.78, 5) is 66.3. The topological polar surface area (TPSA) is 144 Å². The molecule has 2 saturated carbocycles. The zero-order chi connectivity index (χ0) is 26.8. The molecular weight excluding hydrogens is 468 g/mol. The van der Waals surface area contributed by atoms with Gasteiger partial charge in [0.2, 0.25) is 0 Å². The number of carbonyl (C=O) groups excluding carboxylic acids is 4. The van der Waals surface area contributed by atoms with E-state index in [0.717, 1.165) is 0 Å². The summed E-state index contributed by atoms with van der Waals surface area (Å²) in [5, 5.41) is 21.5. The van der Waals surface area contributed by atoms with Crippen LogP contribution in [0.25, 0.3) is 0 Å². The van der Waals surface area contributed by atoms with Gasteiger partial charge in [-0.15, -0.1) is 0 Å². The van der Waals surface area contributed by atoms with Gasteiger partial charge in [-0.05, 0) is 38.5 Å². The van der Waals surface area contributed by atoms with Gasteiger partial charge in [0, 0.05) is 42.6 Å². The van der Waals surface area contributed by atoms with E-state index in [-0.39, 0.29) is 43.3 Å². The third kappa shape index (κ3) is 2.62. The highest BCUT2D eigenvalue weighted by atomic mass is 16.6. The molecule has 36 heavy (non-hydrogen) atoms. The van der Waals surface area contributed by atoms with E-state index in [0.29, 0.717) is 0 Å². The zero-order valence-corrected chi connectivity index (χ0v) is 21.6. The van der Waals surface area contributed by atoms with Crippen LogP contribution in [0.15, 0.2) is 11.1 Å². The summed E-state index contributed by atoms with van der Waals surface area (Å²) in [6.45, 7) is 10.1. The fraction of sp³-hybridized carbons (Fsp3) is 0.741. The predicted octanol–water partition coefficient (Wildman–Crippen LogP) is 2.38. The van der Waals surface area contributed by atoms with Crippen molar-refractivity contribution in [1.82, 2.24) is 0 Å². The van der Waals surface area contributed by atoms with E-state index in [1.54, 1.807) is 6.92 Å². The maximum Gasteiger partial charge on any atom is 0.335 e. The molecule has 0 aromatic rings. The molecule has 0 unspecified atom stereocenters. The van der Waals surface area contributed by atoms with Crippen molar-refractivity contribution in [1.29, 1.82) is 0 Å². The van der Waals surface area contributed by atoms with Gasteiger partial charge in [0.05, 0.1) is 22.5 Å². The van der Waals surface area contributed by atoms with Crippen molar-refractivity contribution in [3.63, 3.8) is 0 Å². The fourth-order valence-corrected chi connectivity index (χ4v) is 8.47. The number of Topliss-reactive ketones (excluding diaryl/α,β-unsaturated/α-hetero) is 2. The van der Waals surface area contributed by atoms with Crippen LogP contribution < -0.4 is 0 Å². The second-order valence-electron chi connectivity index (χ2n) is 12.8. The van der Waals surface area contributed by atoms with E-state index in [2.05, 4.69) is 0 Å². The van der Waals surface area contributed by atoms with Crippen molar-refractivity contribution in [2.45, 2.75) is 91.5 Å². The van der Waals surface area contributed by atoms with Gasteiger partial charge in [-0.3, -0.25) is 19.2 Å². The number of esters is 2. The number of ether oxygens (including phenoxy) is 2. The third-order valence-corrected chi connectivity index (χ3v) is 11.0. The lowest BCUT2D eigenvalue weighted by molar-refractivity contribution is -0.173. The summed E-state index contributed by atoms with van der Waals surface area (Å²) in [5.41, 5.74) is -6.53. The molecule has 0 bridgehead atoms.